The summed E-state index contributed by atoms with van der Waals surface area (Å²) < 4.78 is 5.76. The molecule has 0 amide bonds. The van der Waals surface area contributed by atoms with Gasteiger partial charge < -0.3 is 10.5 Å². The van der Waals surface area contributed by atoms with Gasteiger partial charge in [-0.25, -0.2) is 4.98 Å². The second-order valence-electron chi connectivity index (χ2n) is 5.30. The maximum Gasteiger partial charge on any atom is 0.223 e. The minimum atomic E-state index is -0.213. The van der Waals surface area contributed by atoms with Crippen molar-refractivity contribution in [3.63, 3.8) is 0 Å². The standard InChI is InChI=1S/C14H18N4O/c1-9-16-12(18-13(15)17-9)10-5-7-11(8-6-10)19-14(2,3)4/h5-8H,1-4H3,(H2,15,16,17,18). The molecule has 2 rings (SSSR count). The van der Waals surface area contributed by atoms with E-state index in [0.29, 0.717) is 11.6 Å². The molecule has 0 bridgehead atoms. The molecule has 0 aliphatic carbocycles. The van der Waals surface area contributed by atoms with E-state index in [2.05, 4.69) is 15.0 Å². The number of ether oxygens (including phenoxy) is 1. The fourth-order valence-corrected chi connectivity index (χ4v) is 1.66. The molecule has 0 unspecified atom stereocenters. The van der Waals surface area contributed by atoms with Crippen LogP contribution in [-0.2, 0) is 0 Å². The number of nitrogens with zero attached hydrogens (tertiary/aromatic N) is 3. The van der Waals surface area contributed by atoms with Gasteiger partial charge in [-0.2, -0.15) is 9.97 Å². The Morgan fingerprint density at radius 2 is 1.63 bits per heavy atom. The molecule has 0 spiro atoms. The molecule has 100 valence electrons. The maximum atomic E-state index is 5.76. The highest BCUT2D eigenvalue weighted by Crippen LogP contribution is 2.22. The molecule has 1 aromatic carbocycles. The molecule has 0 saturated heterocycles. The highest BCUT2D eigenvalue weighted by atomic mass is 16.5. The van der Waals surface area contributed by atoms with Crippen molar-refractivity contribution in [1.82, 2.24) is 15.0 Å². The van der Waals surface area contributed by atoms with Gasteiger partial charge in [0.1, 0.15) is 17.2 Å². The van der Waals surface area contributed by atoms with E-state index in [1.807, 2.05) is 45.0 Å². The zero-order chi connectivity index (χ0) is 14.0. The molecular formula is C14H18N4O. The number of rotatable bonds is 2. The van der Waals surface area contributed by atoms with Gasteiger partial charge in [0.05, 0.1) is 0 Å². The first-order valence-electron chi connectivity index (χ1n) is 6.11. The lowest BCUT2D eigenvalue weighted by Crippen LogP contribution is -2.22. The average Bonchev–Trinajstić information content (AvgIpc) is 2.26. The predicted molar refractivity (Wildman–Crippen MR) is 74.8 cm³/mol. The third-order valence-corrected chi connectivity index (χ3v) is 2.30. The third kappa shape index (κ3) is 3.64. The van der Waals surface area contributed by atoms with E-state index in [-0.39, 0.29) is 11.5 Å². The van der Waals surface area contributed by atoms with Gasteiger partial charge >= 0.3 is 0 Å². The molecule has 0 aliphatic heterocycles. The summed E-state index contributed by atoms with van der Waals surface area (Å²) in [5.41, 5.74) is 6.30. The summed E-state index contributed by atoms with van der Waals surface area (Å²) >= 11 is 0. The first-order valence-corrected chi connectivity index (χ1v) is 6.11. The van der Waals surface area contributed by atoms with Crippen LogP contribution in [0.2, 0.25) is 0 Å². The lowest BCUT2D eigenvalue weighted by molar-refractivity contribution is 0.131. The van der Waals surface area contributed by atoms with Crippen LogP contribution in [0, 0.1) is 6.92 Å². The number of nitrogens with two attached hydrogens (primary N) is 1. The van der Waals surface area contributed by atoms with Crippen molar-refractivity contribution in [2.45, 2.75) is 33.3 Å². The van der Waals surface area contributed by atoms with E-state index in [4.69, 9.17) is 10.5 Å². The van der Waals surface area contributed by atoms with E-state index >= 15 is 0 Å². The molecule has 5 heteroatoms. The van der Waals surface area contributed by atoms with Crippen LogP contribution in [0.1, 0.15) is 26.6 Å². The van der Waals surface area contributed by atoms with Crippen LogP contribution in [0.25, 0.3) is 11.4 Å². The minimum absolute atomic E-state index is 0.213. The van der Waals surface area contributed by atoms with Crippen molar-refractivity contribution >= 4 is 5.95 Å². The zero-order valence-corrected chi connectivity index (χ0v) is 11.6. The second-order valence-corrected chi connectivity index (χ2v) is 5.30. The molecule has 19 heavy (non-hydrogen) atoms. The van der Waals surface area contributed by atoms with E-state index in [1.54, 1.807) is 6.92 Å². The quantitative estimate of drug-likeness (QED) is 0.896. The zero-order valence-electron chi connectivity index (χ0n) is 11.6. The summed E-state index contributed by atoms with van der Waals surface area (Å²) in [6.45, 7) is 7.82. The van der Waals surface area contributed by atoms with Gasteiger partial charge in [-0.15, -0.1) is 0 Å². The van der Waals surface area contributed by atoms with Crippen LogP contribution in [0.15, 0.2) is 24.3 Å². The van der Waals surface area contributed by atoms with Gasteiger partial charge in [0.15, 0.2) is 5.82 Å². The molecule has 1 aromatic heterocycles. The molecule has 0 atom stereocenters. The minimum Gasteiger partial charge on any atom is -0.488 e. The summed E-state index contributed by atoms with van der Waals surface area (Å²) in [6.07, 6.45) is 0. The van der Waals surface area contributed by atoms with Crippen LogP contribution < -0.4 is 10.5 Å². The van der Waals surface area contributed by atoms with Crippen molar-refractivity contribution < 1.29 is 4.74 Å². The monoisotopic (exact) mass is 258 g/mol. The number of anilines is 1. The van der Waals surface area contributed by atoms with Gasteiger partial charge in [0.25, 0.3) is 0 Å². The summed E-state index contributed by atoms with van der Waals surface area (Å²) in [6, 6.07) is 7.62. The number of nitrogen functional groups attached to an aromatic ring is 1. The molecule has 5 nitrogen and oxygen atoms in total. The van der Waals surface area contributed by atoms with Gasteiger partial charge in [-0.3, -0.25) is 0 Å². The van der Waals surface area contributed by atoms with Crippen molar-refractivity contribution in [1.29, 1.82) is 0 Å². The lowest BCUT2D eigenvalue weighted by atomic mass is 10.1. The number of benzene rings is 1. The van der Waals surface area contributed by atoms with E-state index in [1.165, 1.54) is 0 Å². The number of aryl methyl sites for hydroxylation is 1. The number of hydrogen-bond acceptors (Lipinski definition) is 5. The molecule has 0 saturated carbocycles. The van der Waals surface area contributed by atoms with Gasteiger partial charge in [-0.05, 0) is 52.0 Å². The van der Waals surface area contributed by atoms with Crippen molar-refractivity contribution in [2.75, 3.05) is 5.73 Å². The molecule has 0 fully saturated rings. The van der Waals surface area contributed by atoms with E-state index in [9.17, 15) is 0 Å². The molecular weight excluding hydrogens is 240 g/mol. The Labute approximate surface area is 112 Å². The number of hydrogen-bond donors (Lipinski definition) is 1. The van der Waals surface area contributed by atoms with Crippen LogP contribution in [0.4, 0.5) is 5.95 Å². The van der Waals surface area contributed by atoms with Crippen LogP contribution >= 0.6 is 0 Å². The number of aromatic nitrogens is 3. The lowest BCUT2D eigenvalue weighted by Gasteiger charge is -2.21. The van der Waals surface area contributed by atoms with E-state index in [0.717, 1.165) is 11.3 Å². The fourth-order valence-electron chi connectivity index (χ4n) is 1.66. The van der Waals surface area contributed by atoms with Crippen molar-refractivity contribution in [3.05, 3.63) is 30.1 Å². The summed E-state index contributed by atoms with van der Waals surface area (Å²) in [7, 11) is 0. The first kappa shape index (κ1) is 13.3. The Morgan fingerprint density at radius 1 is 1.00 bits per heavy atom. The Kier molecular flexibility index (Phi) is 3.38. The van der Waals surface area contributed by atoms with Gasteiger partial charge in [0.2, 0.25) is 5.95 Å². The van der Waals surface area contributed by atoms with Gasteiger partial charge in [-0.1, -0.05) is 0 Å². The Bertz CT molecular complexity index is 553. The van der Waals surface area contributed by atoms with Crippen LogP contribution in [0.3, 0.4) is 0 Å². The maximum absolute atomic E-state index is 5.76. The highest BCUT2D eigenvalue weighted by molar-refractivity contribution is 5.57. The summed E-state index contributed by atoms with van der Waals surface area (Å²) in [5, 5.41) is 0. The molecule has 0 radical (unpaired) electrons. The normalized spacial score (nSPS) is 11.4. The third-order valence-electron chi connectivity index (χ3n) is 2.30. The van der Waals surface area contributed by atoms with Crippen molar-refractivity contribution in [2.24, 2.45) is 0 Å². The smallest absolute Gasteiger partial charge is 0.223 e. The van der Waals surface area contributed by atoms with Crippen LogP contribution in [-0.4, -0.2) is 20.6 Å². The average molecular weight is 258 g/mol. The largest absolute Gasteiger partial charge is 0.488 e. The second kappa shape index (κ2) is 4.84. The molecule has 2 N–H and O–H groups in total. The summed E-state index contributed by atoms with van der Waals surface area (Å²) in [5.74, 6) is 2.23. The van der Waals surface area contributed by atoms with E-state index < -0.39 is 0 Å². The molecule has 1 heterocycles. The SMILES string of the molecule is Cc1nc(N)nc(-c2ccc(OC(C)(C)C)cc2)n1. The Morgan fingerprint density at radius 3 is 2.16 bits per heavy atom. The van der Waals surface area contributed by atoms with Gasteiger partial charge in [0, 0.05) is 5.56 Å². The Balaban J connectivity index is 2.27. The predicted octanol–water partition coefficient (Wildman–Crippen LogP) is 2.61. The topological polar surface area (TPSA) is 73.9 Å². The van der Waals surface area contributed by atoms with Crippen LogP contribution in [0.5, 0.6) is 5.75 Å². The fraction of sp³-hybridized carbons (Fsp3) is 0.357. The first-order chi connectivity index (χ1) is 8.83. The highest BCUT2D eigenvalue weighted by Gasteiger charge is 2.12. The molecule has 0 aliphatic rings. The summed E-state index contributed by atoms with van der Waals surface area (Å²) in [4.78, 5) is 12.3. The van der Waals surface area contributed by atoms with Crippen molar-refractivity contribution in [3.8, 4) is 17.1 Å². The Hall–Kier alpha value is -2.17. The molecule has 2 aromatic rings.